The third-order valence-corrected chi connectivity index (χ3v) is 13.4. The molecule has 0 saturated carbocycles. The summed E-state index contributed by atoms with van der Waals surface area (Å²) in [5.74, 6) is 0.0943. The molecule has 2 aliphatic heterocycles. The van der Waals surface area contributed by atoms with Gasteiger partial charge >= 0.3 is 14.6 Å². The Balaban J connectivity index is 1.34. The molecule has 0 spiro atoms. The molecule has 0 bridgehead atoms. The Morgan fingerprint density at radius 3 is 2.54 bits per heavy atom. The van der Waals surface area contributed by atoms with Crippen LogP contribution in [0, 0.1) is 0 Å². The Morgan fingerprint density at radius 2 is 1.90 bits per heavy atom. The minimum absolute atomic E-state index is 0.0943. The quantitative estimate of drug-likeness (QED) is 0.172. The van der Waals surface area contributed by atoms with Gasteiger partial charge in [0.05, 0.1) is 18.5 Å². The van der Waals surface area contributed by atoms with E-state index >= 15 is 0 Å². The number of hydroxylamine groups is 2. The summed E-state index contributed by atoms with van der Waals surface area (Å²) in [6.45, 7) is 1.82. The lowest BCUT2D eigenvalue weighted by molar-refractivity contribution is -0.187. The number of nitrogens with two attached hydrogens (primary N) is 1. The van der Waals surface area contributed by atoms with E-state index in [0.717, 1.165) is 16.4 Å². The van der Waals surface area contributed by atoms with Crippen LogP contribution >= 0.6 is 35.8 Å². The third-order valence-electron chi connectivity index (χ3n) is 6.45. The lowest BCUT2D eigenvalue weighted by Gasteiger charge is -2.34. The van der Waals surface area contributed by atoms with E-state index in [2.05, 4.69) is 19.3 Å². The molecule has 7 N–H and O–H groups in total. The third kappa shape index (κ3) is 6.38. The van der Waals surface area contributed by atoms with Crippen LogP contribution < -0.4 is 5.73 Å². The van der Waals surface area contributed by atoms with Crippen molar-refractivity contribution in [1.82, 2.24) is 24.6 Å². The molecule has 0 aliphatic carbocycles. The number of nitrogen functional groups attached to an aromatic ring is 1. The number of anilines is 1. The number of hydrogen-bond donors (Lipinski definition) is 6. The number of ether oxygens (including phenoxy) is 1. The first-order valence-corrected chi connectivity index (χ1v) is 17.3. The molecule has 4 heterocycles. The van der Waals surface area contributed by atoms with E-state index in [1.54, 1.807) is 19.3 Å². The van der Waals surface area contributed by atoms with Gasteiger partial charge in [0.25, 0.3) is 0 Å². The molecule has 0 amide bonds. The van der Waals surface area contributed by atoms with Gasteiger partial charge in [-0.15, -0.1) is 0 Å². The largest absolute Gasteiger partial charge is 0.480 e. The molecule has 2 aromatic rings. The standard InChI is InChI=1S/C19H30N6O10P2S2/c1-18(2)5-10(19(3,4)25(18)28)7-38-39-37(31,32)35-36(29,30)33-6-11-13(26)14(27)17(34-11)24-9-23-12-15(20)21-8-22-16(12)24/h7-9,11,13-14,17,26-28H,5-6H2,1-4H3,(H,29,30)(H,31,32)(H2,20,21,22)/b10-7+/t11-,13-,14-,17-/m1/s1. The summed E-state index contributed by atoms with van der Waals surface area (Å²) in [5.41, 5.74) is 5.75. The maximum absolute atomic E-state index is 12.4. The van der Waals surface area contributed by atoms with Gasteiger partial charge in [0.2, 0.25) is 0 Å². The first-order chi connectivity index (χ1) is 18.0. The molecular weight excluding hydrogens is 598 g/mol. The molecule has 0 radical (unpaired) electrons. The van der Waals surface area contributed by atoms with E-state index in [1.807, 2.05) is 13.8 Å². The normalized spacial score (nSPS) is 31.1. The predicted octanol–water partition coefficient (Wildman–Crippen LogP) is 2.18. The zero-order valence-corrected chi connectivity index (χ0v) is 24.7. The monoisotopic (exact) mass is 628 g/mol. The summed E-state index contributed by atoms with van der Waals surface area (Å²) in [6.07, 6.45) is -2.63. The molecule has 20 heteroatoms. The number of phosphoric acid groups is 1. The maximum atomic E-state index is 12.4. The fourth-order valence-electron chi connectivity index (χ4n) is 4.46. The first kappa shape index (κ1) is 30.8. The van der Waals surface area contributed by atoms with Crippen molar-refractivity contribution >= 4 is 52.8 Å². The van der Waals surface area contributed by atoms with Crippen molar-refractivity contribution in [3.8, 4) is 0 Å². The first-order valence-electron chi connectivity index (χ1n) is 11.4. The molecule has 2 fully saturated rings. The predicted molar refractivity (Wildman–Crippen MR) is 142 cm³/mol. The van der Waals surface area contributed by atoms with Gasteiger partial charge in [-0.05, 0) is 45.1 Å². The van der Waals surface area contributed by atoms with Crippen molar-refractivity contribution in [3.05, 3.63) is 23.6 Å². The van der Waals surface area contributed by atoms with Gasteiger partial charge in [0.1, 0.15) is 30.2 Å². The Labute approximate surface area is 230 Å². The second kappa shape index (κ2) is 10.9. The van der Waals surface area contributed by atoms with Crippen molar-refractivity contribution in [2.24, 2.45) is 0 Å². The zero-order valence-electron chi connectivity index (χ0n) is 21.3. The zero-order chi connectivity index (χ0) is 29.0. The van der Waals surface area contributed by atoms with Gasteiger partial charge in [-0.25, -0.2) is 24.1 Å². The lowest BCUT2D eigenvalue weighted by atomic mass is 9.95. The number of phosphoric ester groups is 1. The summed E-state index contributed by atoms with van der Waals surface area (Å²) in [4.78, 5) is 32.1. The van der Waals surface area contributed by atoms with E-state index in [9.17, 15) is 34.3 Å². The summed E-state index contributed by atoms with van der Waals surface area (Å²) in [7, 11) is -3.97. The molecule has 2 unspecified atom stereocenters. The topological polar surface area (TPSA) is 236 Å². The summed E-state index contributed by atoms with van der Waals surface area (Å²) in [5, 5.41) is 34.1. The molecule has 2 saturated heterocycles. The fraction of sp³-hybridized carbons (Fsp3) is 0.632. The summed E-state index contributed by atoms with van der Waals surface area (Å²) in [6, 6.07) is 0. The van der Waals surface area contributed by atoms with Crippen LogP contribution in [0.5, 0.6) is 0 Å². The number of hydrogen-bond acceptors (Lipinski definition) is 15. The average molecular weight is 629 g/mol. The van der Waals surface area contributed by atoms with E-state index in [1.165, 1.54) is 22.3 Å². The number of fused-ring (bicyclic) bond motifs is 1. The fourth-order valence-corrected chi connectivity index (χ4v) is 10.7. The number of aliphatic hydroxyl groups excluding tert-OH is 2. The number of nitrogens with zero attached hydrogens (tertiary/aromatic N) is 5. The number of rotatable bonds is 9. The van der Waals surface area contributed by atoms with Gasteiger partial charge in [-0.3, -0.25) is 9.09 Å². The number of aromatic nitrogens is 4. The van der Waals surface area contributed by atoms with Gasteiger partial charge in [0.15, 0.2) is 17.7 Å². The van der Waals surface area contributed by atoms with Gasteiger partial charge < -0.3 is 35.7 Å². The summed E-state index contributed by atoms with van der Waals surface area (Å²) >= 11 is 0. The molecule has 2 aliphatic rings. The van der Waals surface area contributed by atoms with Crippen LogP contribution in [0.3, 0.4) is 0 Å². The van der Waals surface area contributed by atoms with E-state index < -0.39 is 56.8 Å². The van der Waals surface area contributed by atoms with Crippen molar-refractivity contribution in [3.63, 3.8) is 0 Å². The molecule has 0 aromatic carbocycles. The molecular formula is C19H30N6O10P2S2. The minimum atomic E-state index is -5.11. The SMILES string of the molecule is CC1(C)C/C(=C\SSP(=O)(O)OP(=O)(O)OC[C@H]2O[C@@H](n3cnc4c(N)ncnc43)[C@H](O)[C@@H]2O)C(C)(C)N1O. The van der Waals surface area contributed by atoms with Crippen LogP contribution in [0.4, 0.5) is 5.82 Å². The van der Waals surface area contributed by atoms with Crippen LogP contribution in [0.25, 0.3) is 11.2 Å². The van der Waals surface area contributed by atoms with Crippen molar-refractivity contribution in [2.45, 2.75) is 69.7 Å². The van der Waals surface area contributed by atoms with Crippen LogP contribution in [0.1, 0.15) is 40.3 Å². The smallest absolute Gasteiger partial charge is 0.387 e. The van der Waals surface area contributed by atoms with Crippen molar-refractivity contribution in [1.29, 1.82) is 0 Å². The van der Waals surface area contributed by atoms with Crippen LogP contribution in [0.15, 0.2) is 23.6 Å². The second-order valence-corrected chi connectivity index (χ2v) is 17.2. The molecule has 16 nitrogen and oxygen atoms in total. The summed E-state index contributed by atoms with van der Waals surface area (Å²) < 4.78 is 41.1. The molecule has 4 rings (SSSR count). The Hall–Kier alpha value is -1.11. The molecule has 39 heavy (non-hydrogen) atoms. The van der Waals surface area contributed by atoms with E-state index in [4.69, 9.17) is 15.0 Å². The highest BCUT2D eigenvalue weighted by atomic mass is 33.3. The van der Waals surface area contributed by atoms with Crippen molar-refractivity contribution in [2.75, 3.05) is 12.3 Å². The number of aliphatic hydroxyl groups is 2. The second-order valence-electron chi connectivity index (χ2n) is 10.1. The highest BCUT2D eigenvalue weighted by Crippen LogP contribution is 2.70. The number of imidazole rings is 1. The lowest BCUT2D eigenvalue weighted by Crippen LogP contribution is -2.45. The van der Waals surface area contributed by atoms with E-state index in [-0.39, 0.29) is 17.0 Å². The highest BCUT2D eigenvalue weighted by molar-refractivity contribution is 8.99. The van der Waals surface area contributed by atoms with E-state index in [0.29, 0.717) is 16.8 Å². The molecule has 218 valence electrons. The van der Waals surface area contributed by atoms with Gasteiger partial charge in [-0.2, -0.15) is 9.37 Å². The average Bonchev–Trinajstić information content (AvgIpc) is 3.41. The Morgan fingerprint density at radius 1 is 1.21 bits per heavy atom. The van der Waals surface area contributed by atoms with Gasteiger partial charge in [-0.1, -0.05) is 10.8 Å². The molecule has 6 atom stereocenters. The van der Waals surface area contributed by atoms with Crippen LogP contribution in [0.2, 0.25) is 0 Å². The van der Waals surface area contributed by atoms with Gasteiger partial charge in [0, 0.05) is 16.0 Å². The minimum Gasteiger partial charge on any atom is -0.387 e. The maximum Gasteiger partial charge on any atom is 0.480 e. The van der Waals surface area contributed by atoms with Crippen LogP contribution in [-0.2, 0) is 22.7 Å². The van der Waals surface area contributed by atoms with Crippen LogP contribution in [-0.4, -0.2) is 85.8 Å². The van der Waals surface area contributed by atoms with Crippen molar-refractivity contribution < 1.29 is 47.9 Å². The Bertz CT molecular complexity index is 1360. The molecule has 2 aromatic heterocycles. The highest BCUT2D eigenvalue weighted by Gasteiger charge is 2.48. The Kier molecular flexibility index (Phi) is 8.65.